The Balaban J connectivity index is 1.23. The van der Waals surface area contributed by atoms with E-state index in [1.54, 1.807) is 17.6 Å². The molecule has 2 fully saturated rings. The molecule has 6 nitrogen and oxygen atoms in total. The van der Waals surface area contributed by atoms with E-state index in [2.05, 4.69) is 15.2 Å². The Labute approximate surface area is 150 Å². The average molecular weight is 361 g/mol. The zero-order valence-electron chi connectivity index (χ0n) is 14.1. The molecule has 0 unspecified atom stereocenters. The first kappa shape index (κ1) is 16.8. The molecule has 2 aliphatic rings. The molecule has 2 saturated carbocycles. The van der Waals surface area contributed by atoms with Gasteiger partial charge in [0.15, 0.2) is 10.8 Å². The Hall–Kier alpha value is -1.70. The number of hydrogen-bond donors (Lipinski definition) is 2. The zero-order valence-corrected chi connectivity index (χ0v) is 14.9. The van der Waals surface area contributed by atoms with Crippen molar-refractivity contribution < 1.29 is 14.3 Å². The highest BCUT2D eigenvalue weighted by atomic mass is 32.1. The van der Waals surface area contributed by atoms with Crippen LogP contribution in [0.2, 0.25) is 0 Å². The van der Waals surface area contributed by atoms with Crippen LogP contribution in [-0.2, 0) is 11.3 Å². The lowest BCUT2D eigenvalue weighted by Gasteiger charge is -2.43. The molecule has 2 heterocycles. The lowest BCUT2D eigenvalue weighted by molar-refractivity contribution is -0.139. The van der Waals surface area contributed by atoms with Crippen molar-refractivity contribution in [1.82, 2.24) is 15.2 Å². The molecule has 2 aromatic heterocycles. The first-order valence-corrected chi connectivity index (χ1v) is 9.67. The van der Waals surface area contributed by atoms with E-state index in [9.17, 15) is 4.79 Å². The molecule has 0 aliphatic heterocycles. The van der Waals surface area contributed by atoms with Crippen LogP contribution < -0.4 is 5.32 Å². The molecule has 2 aliphatic carbocycles. The fourth-order valence-electron chi connectivity index (χ4n) is 3.35. The third kappa shape index (κ3) is 4.29. The predicted molar refractivity (Wildman–Crippen MR) is 95.4 cm³/mol. The summed E-state index contributed by atoms with van der Waals surface area (Å²) in [5, 5.41) is 13.6. The molecule has 0 bridgehead atoms. The van der Waals surface area contributed by atoms with E-state index in [0.29, 0.717) is 12.1 Å². The Bertz CT molecular complexity index is 705. The summed E-state index contributed by atoms with van der Waals surface area (Å²) in [4.78, 5) is 18.8. The van der Waals surface area contributed by atoms with Crippen molar-refractivity contribution in [2.45, 2.75) is 44.3 Å². The Morgan fingerprint density at radius 2 is 2.28 bits per heavy atom. The van der Waals surface area contributed by atoms with E-state index < -0.39 is 5.97 Å². The summed E-state index contributed by atoms with van der Waals surface area (Å²) >= 11 is 1.64. The summed E-state index contributed by atoms with van der Waals surface area (Å²) in [6.45, 7) is 1.93. The van der Waals surface area contributed by atoms with Gasteiger partial charge in [-0.05, 0) is 43.7 Å². The van der Waals surface area contributed by atoms with Crippen molar-refractivity contribution in [3.05, 3.63) is 29.5 Å². The normalized spacial score (nSPS) is 22.9. The number of nitrogens with one attached hydrogen (secondary N) is 1. The average Bonchev–Trinajstić information content (AvgIpc) is 3.01. The standard InChI is InChI=1S/C18H23N3O3S/c22-17(23)11-21(10-12-3-4-12)14-6-13(7-14)19-8-15-9-20-18(25-15)16-2-1-5-24-16/h1-2,5,9,12-14,19H,3-4,6-8,10-11H2,(H,22,23). The second-order valence-corrected chi connectivity index (χ2v) is 8.19. The van der Waals surface area contributed by atoms with Gasteiger partial charge in [-0.3, -0.25) is 9.69 Å². The summed E-state index contributed by atoms with van der Waals surface area (Å²) in [6.07, 6.45) is 8.14. The van der Waals surface area contributed by atoms with Crippen LogP contribution in [-0.4, -0.2) is 46.1 Å². The molecular formula is C18H23N3O3S. The molecule has 0 amide bonds. The first-order valence-electron chi connectivity index (χ1n) is 8.85. The third-order valence-corrected chi connectivity index (χ3v) is 6.02. The zero-order chi connectivity index (χ0) is 17.2. The molecule has 0 radical (unpaired) electrons. The van der Waals surface area contributed by atoms with Gasteiger partial charge in [0.05, 0.1) is 12.8 Å². The van der Waals surface area contributed by atoms with E-state index in [1.165, 1.54) is 17.7 Å². The monoisotopic (exact) mass is 361 g/mol. The lowest BCUT2D eigenvalue weighted by atomic mass is 9.85. The highest BCUT2D eigenvalue weighted by molar-refractivity contribution is 7.14. The molecule has 134 valence electrons. The van der Waals surface area contributed by atoms with Gasteiger partial charge >= 0.3 is 5.97 Å². The summed E-state index contributed by atoms with van der Waals surface area (Å²) < 4.78 is 5.37. The van der Waals surface area contributed by atoms with E-state index in [-0.39, 0.29) is 6.54 Å². The van der Waals surface area contributed by atoms with Gasteiger partial charge in [-0.2, -0.15) is 0 Å². The highest BCUT2D eigenvalue weighted by Gasteiger charge is 2.36. The van der Waals surface area contributed by atoms with Crippen molar-refractivity contribution in [3.63, 3.8) is 0 Å². The van der Waals surface area contributed by atoms with Crippen LogP contribution in [0, 0.1) is 5.92 Å². The van der Waals surface area contributed by atoms with Crippen LogP contribution in [0.25, 0.3) is 10.8 Å². The lowest BCUT2D eigenvalue weighted by Crippen LogP contribution is -2.54. The molecule has 0 atom stereocenters. The van der Waals surface area contributed by atoms with Crippen molar-refractivity contribution in [2.24, 2.45) is 5.92 Å². The summed E-state index contributed by atoms with van der Waals surface area (Å²) in [6, 6.07) is 4.67. The number of carbonyl (C=O) groups is 1. The fraction of sp³-hybridized carbons (Fsp3) is 0.556. The molecule has 7 heteroatoms. The van der Waals surface area contributed by atoms with Gasteiger partial charge in [0.25, 0.3) is 0 Å². The minimum absolute atomic E-state index is 0.176. The van der Waals surface area contributed by atoms with Gasteiger partial charge < -0.3 is 14.8 Å². The maximum absolute atomic E-state index is 11.1. The Morgan fingerprint density at radius 3 is 2.96 bits per heavy atom. The number of carboxylic acids is 1. The second kappa shape index (κ2) is 7.27. The molecule has 2 N–H and O–H groups in total. The van der Waals surface area contributed by atoms with Crippen LogP contribution >= 0.6 is 11.3 Å². The molecule has 4 rings (SSSR count). The molecule has 0 aromatic carbocycles. The summed E-state index contributed by atoms with van der Waals surface area (Å²) in [5.41, 5.74) is 0. The van der Waals surface area contributed by atoms with Crippen LogP contribution in [0.15, 0.2) is 29.0 Å². The summed E-state index contributed by atoms with van der Waals surface area (Å²) in [7, 11) is 0. The van der Waals surface area contributed by atoms with Crippen molar-refractivity contribution >= 4 is 17.3 Å². The van der Waals surface area contributed by atoms with Gasteiger partial charge in [0, 0.05) is 36.2 Å². The van der Waals surface area contributed by atoms with E-state index >= 15 is 0 Å². The molecule has 2 aromatic rings. The largest absolute Gasteiger partial charge is 0.480 e. The van der Waals surface area contributed by atoms with Crippen molar-refractivity contribution in [1.29, 1.82) is 0 Å². The molecule has 0 spiro atoms. The minimum atomic E-state index is -0.716. The number of rotatable bonds is 9. The SMILES string of the molecule is O=C(O)CN(CC1CC1)C1CC(NCc2cnc(-c3ccco3)s2)C1. The van der Waals surface area contributed by atoms with E-state index in [4.69, 9.17) is 9.52 Å². The van der Waals surface area contributed by atoms with Crippen molar-refractivity contribution in [3.8, 4) is 10.8 Å². The van der Waals surface area contributed by atoms with Crippen LogP contribution in [0.1, 0.15) is 30.6 Å². The van der Waals surface area contributed by atoms with Gasteiger partial charge in [-0.15, -0.1) is 11.3 Å². The van der Waals surface area contributed by atoms with Gasteiger partial charge in [-0.25, -0.2) is 4.98 Å². The number of aliphatic carboxylic acids is 1. The molecule has 25 heavy (non-hydrogen) atoms. The minimum Gasteiger partial charge on any atom is -0.480 e. The number of furan rings is 1. The van der Waals surface area contributed by atoms with Crippen LogP contribution in [0.4, 0.5) is 0 Å². The predicted octanol–water partition coefficient (Wildman–Crippen LogP) is 2.82. The number of hydrogen-bond acceptors (Lipinski definition) is 6. The topological polar surface area (TPSA) is 78.6 Å². The van der Waals surface area contributed by atoms with Crippen LogP contribution in [0.5, 0.6) is 0 Å². The van der Waals surface area contributed by atoms with Gasteiger partial charge in [0.1, 0.15) is 0 Å². The van der Waals surface area contributed by atoms with Gasteiger partial charge in [0.2, 0.25) is 0 Å². The maximum Gasteiger partial charge on any atom is 0.317 e. The van der Waals surface area contributed by atoms with Crippen molar-refractivity contribution in [2.75, 3.05) is 13.1 Å². The molecular weight excluding hydrogens is 338 g/mol. The van der Waals surface area contributed by atoms with E-state index in [1.807, 2.05) is 18.3 Å². The highest BCUT2D eigenvalue weighted by Crippen LogP contribution is 2.34. The number of nitrogens with zero attached hydrogens (tertiary/aromatic N) is 2. The fourth-order valence-corrected chi connectivity index (χ4v) is 4.18. The number of carboxylic acid groups (broad SMARTS) is 1. The first-order chi connectivity index (χ1) is 12.2. The maximum atomic E-state index is 11.1. The smallest absolute Gasteiger partial charge is 0.317 e. The number of aromatic nitrogens is 1. The van der Waals surface area contributed by atoms with Gasteiger partial charge in [-0.1, -0.05) is 0 Å². The number of thiazole rings is 1. The van der Waals surface area contributed by atoms with Crippen LogP contribution in [0.3, 0.4) is 0 Å². The summed E-state index contributed by atoms with van der Waals surface area (Å²) in [5.74, 6) is 0.820. The second-order valence-electron chi connectivity index (χ2n) is 7.08. The molecule has 0 saturated heterocycles. The Morgan fingerprint density at radius 1 is 1.44 bits per heavy atom. The Kier molecular flexibility index (Phi) is 4.87. The third-order valence-electron chi connectivity index (χ3n) is 5.01. The quantitative estimate of drug-likeness (QED) is 0.715. The van der Waals surface area contributed by atoms with E-state index in [0.717, 1.165) is 42.6 Å².